The second-order valence-corrected chi connectivity index (χ2v) is 9.14. The minimum Gasteiger partial charge on any atom is -0.489 e. The molecule has 3 amide bonds. The molecule has 0 aliphatic carbocycles. The number of nitrogens with one attached hydrogen (secondary N) is 1. The van der Waals surface area contributed by atoms with Crippen LogP contribution in [0.2, 0.25) is 0 Å². The summed E-state index contributed by atoms with van der Waals surface area (Å²) in [6.07, 6.45) is 2.47. The smallest absolute Gasteiger partial charge is 0.294 e. The van der Waals surface area contributed by atoms with Crippen LogP contribution in [0.3, 0.4) is 0 Å². The fraction of sp³-hybridized carbons (Fsp3) is 0.148. The minimum absolute atomic E-state index is 0.0137. The van der Waals surface area contributed by atoms with Crippen molar-refractivity contribution in [3.63, 3.8) is 0 Å². The Morgan fingerprint density at radius 1 is 1.00 bits per heavy atom. The van der Waals surface area contributed by atoms with Crippen LogP contribution in [0.4, 0.5) is 16.2 Å². The van der Waals surface area contributed by atoms with Crippen LogP contribution in [-0.2, 0) is 22.6 Å². The summed E-state index contributed by atoms with van der Waals surface area (Å²) in [5.41, 5.74) is 3.22. The van der Waals surface area contributed by atoms with Crippen molar-refractivity contribution in [1.82, 2.24) is 4.90 Å². The first kappa shape index (κ1) is 25.6. The third-order valence-electron chi connectivity index (χ3n) is 5.55. The summed E-state index contributed by atoms with van der Waals surface area (Å²) in [6.45, 7) is 1.90. The zero-order valence-corrected chi connectivity index (χ0v) is 20.7. The van der Waals surface area contributed by atoms with Gasteiger partial charge in [0.05, 0.1) is 9.83 Å². The van der Waals surface area contributed by atoms with E-state index in [9.17, 15) is 24.5 Å². The number of thioether (sulfide) groups is 1. The molecule has 0 atom stereocenters. The predicted molar refractivity (Wildman–Crippen MR) is 141 cm³/mol. The van der Waals surface area contributed by atoms with Gasteiger partial charge in [0.15, 0.2) is 0 Å². The van der Waals surface area contributed by atoms with E-state index >= 15 is 0 Å². The molecule has 1 N–H and O–H groups in total. The van der Waals surface area contributed by atoms with Crippen molar-refractivity contribution in [2.45, 2.75) is 20.0 Å². The third-order valence-corrected chi connectivity index (χ3v) is 6.46. The number of nitro groups is 1. The molecule has 0 spiro atoms. The molecule has 0 radical (unpaired) electrons. The highest BCUT2D eigenvalue weighted by atomic mass is 32.2. The van der Waals surface area contributed by atoms with Gasteiger partial charge >= 0.3 is 0 Å². The highest BCUT2D eigenvalue weighted by molar-refractivity contribution is 8.18. The van der Waals surface area contributed by atoms with Crippen LogP contribution >= 0.6 is 11.8 Å². The zero-order chi connectivity index (χ0) is 26.4. The number of non-ortho nitro benzene ring substituents is 1. The zero-order valence-electron chi connectivity index (χ0n) is 19.9. The quantitative estimate of drug-likeness (QED) is 0.229. The molecule has 3 aromatic rings. The van der Waals surface area contributed by atoms with Crippen LogP contribution in [0.15, 0.2) is 77.7 Å². The van der Waals surface area contributed by atoms with Gasteiger partial charge in [0.25, 0.3) is 16.8 Å². The minimum atomic E-state index is -0.523. The molecule has 37 heavy (non-hydrogen) atoms. The lowest BCUT2D eigenvalue weighted by Crippen LogP contribution is -2.36. The standard InChI is InChI=1S/C27H23N3O6S/c1-2-18-3-9-21(10-4-18)28-25(31)16-29-26(32)24(37-27(29)33)15-19-7-13-23(14-8-19)36-17-20-5-11-22(12-6-20)30(34)35/h3-15H,2,16-17H2,1H3,(H,28,31)/b24-15+. The number of aryl methyl sites for hydroxylation is 1. The number of rotatable bonds is 9. The Morgan fingerprint density at radius 3 is 2.27 bits per heavy atom. The van der Waals surface area contributed by atoms with E-state index in [1.165, 1.54) is 12.1 Å². The van der Waals surface area contributed by atoms with Crippen molar-refractivity contribution in [3.8, 4) is 5.75 Å². The second kappa shape index (κ2) is 11.5. The summed E-state index contributed by atoms with van der Waals surface area (Å²) >= 11 is 0.784. The van der Waals surface area contributed by atoms with Gasteiger partial charge in [-0.2, -0.15) is 0 Å². The lowest BCUT2D eigenvalue weighted by Gasteiger charge is -2.12. The lowest BCUT2D eigenvalue weighted by molar-refractivity contribution is -0.384. The van der Waals surface area contributed by atoms with Crippen LogP contribution in [0.5, 0.6) is 5.75 Å². The van der Waals surface area contributed by atoms with Crippen molar-refractivity contribution >= 4 is 46.3 Å². The van der Waals surface area contributed by atoms with Crippen LogP contribution in [0, 0.1) is 10.1 Å². The lowest BCUT2D eigenvalue weighted by atomic mass is 10.1. The molecule has 3 aromatic carbocycles. The average molecular weight is 518 g/mol. The first-order valence-electron chi connectivity index (χ1n) is 11.4. The molecule has 0 aromatic heterocycles. The molecule has 10 heteroatoms. The van der Waals surface area contributed by atoms with Crippen molar-refractivity contribution in [3.05, 3.63) is 105 Å². The van der Waals surface area contributed by atoms with Gasteiger partial charge in [-0.25, -0.2) is 0 Å². The number of nitrogens with zero attached hydrogens (tertiary/aromatic N) is 2. The van der Waals surface area contributed by atoms with Crippen molar-refractivity contribution < 1.29 is 24.0 Å². The summed E-state index contributed by atoms with van der Waals surface area (Å²) in [4.78, 5) is 49.0. The number of benzene rings is 3. The highest BCUT2D eigenvalue weighted by Crippen LogP contribution is 2.32. The van der Waals surface area contributed by atoms with Crippen molar-refractivity contribution in [1.29, 1.82) is 0 Å². The summed E-state index contributed by atoms with van der Waals surface area (Å²) in [5, 5.41) is 12.9. The van der Waals surface area contributed by atoms with E-state index in [-0.39, 0.29) is 23.7 Å². The normalized spacial score (nSPS) is 14.2. The highest BCUT2D eigenvalue weighted by Gasteiger charge is 2.36. The average Bonchev–Trinajstić information content (AvgIpc) is 3.16. The predicted octanol–water partition coefficient (Wildman–Crippen LogP) is 5.41. The Balaban J connectivity index is 1.33. The molecule has 1 heterocycles. The monoisotopic (exact) mass is 517 g/mol. The van der Waals surface area contributed by atoms with E-state index in [2.05, 4.69) is 5.32 Å². The summed E-state index contributed by atoms with van der Waals surface area (Å²) < 4.78 is 5.71. The van der Waals surface area contributed by atoms with E-state index in [1.54, 1.807) is 54.6 Å². The Kier molecular flexibility index (Phi) is 7.99. The van der Waals surface area contributed by atoms with E-state index in [4.69, 9.17) is 4.74 Å². The number of anilines is 1. The first-order chi connectivity index (χ1) is 17.8. The molecule has 4 rings (SSSR count). The maximum absolute atomic E-state index is 12.8. The third kappa shape index (κ3) is 6.62. The second-order valence-electron chi connectivity index (χ2n) is 8.15. The maximum atomic E-state index is 12.8. The maximum Gasteiger partial charge on any atom is 0.294 e. The summed E-state index contributed by atoms with van der Waals surface area (Å²) in [7, 11) is 0. The van der Waals surface area contributed by atoms with Crippen LogP contribution in [0.1, 0.15) is 23.6 Å². The molecule has 188 valence electrons. The largest absolute Gasteiger partial charge is 0.489 e. The van der Waals surface area contributed by atoms with E-state index in [1.807, 2.05) is 19.1 Å². The first-order valence-corrected chi connectivity index (χ1v) is 12.2. The number of amides is 3. The van der Waals surface area contributed by atoms with Gasteiger partial charge in [-0.1, -0.05) is 31.2 Å². The van der Waals surface area contributed by atoms with Gasteiger partial charge in [0, 0.05) is 17.8 Å². The molecular weight excluding hydrogens is 494 g/mol. The number of ether oxygens (including phenoxy) is 1. The number of imide groups is 1. The van der Waals surface area contributed by atoms with Crippen molar-refractivity contribution in [2.75, 3.05) is 11.9 Å². The van der Waals surface area contributed by atoms with Gasteiger partial charge < -0.3 is 10.1 Å². The fourth-order valence-electron chi connectivity index (χ4n) is 3.50. The number of carbonyl (C=O) groups is 3. The van der Waals surface area contributed by atoms with Crippen LogP contribution in [0.25, 0.3) is 6.08 Å². The van der Waals surface area contributed by atoms with Crippen LogP contribution in [-0.4, -0.2) is 33.4 Å². The SMILES string of the molecule is CCc1ccc(NC(=O)CN2C(=O)S/C(=C/c3ccc(OCc4ccc([N+](=O)[O-])cc4)cc3)C2=O)cc1. The molecule has 0 saturated carbocycles. The van der Waals surface area contributed by atoms with E-state index in [0.29, 0.717) is 17.0 Å². The Labute approximate surface area is 217 Å². The van der Waals surface area contributed by atoms with E-state index < -0.39 is 22.0 Å². The van der Waals surface area contributed by atoms with Crippen LogP contribution < -0.4 is 10.1 Å². The van der Waals surface area contributed by atoms with Crippen molar-refractivity contribution in [2.24, 2.45) is 0 Å². The molecule has 9 nitrogen and oxygen atoms in total. The van der Waals surface area contributed by atoms with Gasteiger partial charge in [-0.05, 0) is 77.3 Å². The number of hydrogen-bond donors (Lipinski definition) is 1. The molecular formula is C27H23N3O6S. The van der Waals surface area contributed by atoms with Gasteiger partial charge in [-0.3, -0.25) is 29.4 Å². The fourth-order valence-corrected chi connectivity index (χ4v) is 4.33. The van der Waals surface area contributed by atoms with E-state index in [0.717, 1.165) is 34.2 Å². The Bertz CT molecular complexity index is 1350. The molecule has 1 fully saturated rings. The Hall–Kier alpha value is -4.44. The molecule has 0 unspecified atom stereocenters. The Morgan fingerprint density at radius 2 is 1.65 bits per heavy atom. The molecule has 1 aliphatic rings. The molecule has 1 saturated heterocycles. The number of hydrogen-bond acceptors (Lipinski definition) is 7. The number of carbonyl (C=O) groups excluding carboxylic acids is 3. The number of nitro benzene ring substituents is 1. The molecule has 1 aliphatic heterocycles. The molecule has 0 bridgehead atoms. The topological polar surface area (TPSA) is 119 Å². The summed E-state index contributed by atoms with van der Waals surface area (Å²) in [5.74, 6) is -0.403. The summed E-state index contributed by atoms with van der Waals surface area (Å²) in [6, 6.07) is 20.4. The van der Waals surface area contributed by atoms with Gasteiger partial charge in [0.2, 0.25) is 5.91 Å². The van der Waals surface area contributed by atoms with Gasteiger partial charge in [-0.15, -0.1) is 0 Å². The van der Waals surface area contributed by atoms with Gasteiger partial charge in [0.1, 0.15) is 18.9 Å².